The zero-order valence-electron chi connectivity index (χ0n) is 15.4. The third-order valence-electron chi connectivity index (χ3n) is 5.24. The van der Waals surface area contributed by atoms with Gasteiger partial charge in [0.2, 0.25) is 12.7 Å². The Bertz CT molecular complexity index is 995. The van der Waals surface area contributed by atoms with Gasteiger partial charge in [-0.15, -0.1) is 11.3 Å². The lowest BCUT2D eigenvalue weighted by atomic mass is 9.97. The summed E-state index contributed by atoms with van der Waals surface area (Å²) in [4.78, 5) is 16.1. The molecule has 7 nitrogen and oxygen atoms in total. The van der Waals surface area contributed by atoms with Gasteiger partial charge < -0.3 is 19.5 Å². The Morgan fingerprint density at radius 3 is 2.93 bits per heavy atom. The van der Waals surface area contributed by atoms with Crippen LogP contribution < -0.4 is 14.4 Å². The van der Waals surface area contributed by atoms with Crippen molar-refractivity contribution in [3.05, 3.63) is 36.0 Å². The zero-order valence-corrected chi connectivity index (χ0v) is 16.2. The largest absolute Gasteiger partial charge is 0.454 e. The van der Waals surface area contributed by atoms with Gasteiger partial charge in [0.25, 0.3) is 0 Å². The molecule has 2 aliphatic rings. The van der Waals surface area contributed by atoms with Gasteiger partial charge in [0.15, 0.2) is 11.5 Å². The fourth-order valence-corrected chi connectivity index (χ4v) is 4.26. The Labute approximate surface area is 166 Å². The Balaban J connectivity index is 1.56. The van der Waals surface area contributed by atoms with Crippen LogP contribution in [0.3, 0.4) is 0 Å². The van der Waals surface area contributed by atoms with Gasteiger partial charge in [-0.25, -0.2) is 15.0 Å². The van der Waals surface area contributed by atoms with Crippen molar-refractivity contribution in [3.8, 4) is 33.3 Å². The van der Waals surface area contributed by atoms with Crippen molar-refractivity contribution in [3.63, 3.8) is 0 Å². The second-order valence-corrected chi connectivity index (χ2v) is 8.01. The van der Waals surface area contributed by atoms with Gasteiger partial charge in [0, 0.05) is 36.4 Å². The van der Waals surface area contributed by atoms with Crippen LogP contribution >= 0.6 is 11.3 Å². The van der Waals surface area contributed by atoms with Crippen LogP contribution in [0.15, 0.2) is 36.0 Å². The Hall–Kier alpha value is -2.71. The van der Waals surface area contributed by atoms with E-state index in [0.29, 0.717) is 5.95 Å². The SMILES string of the molecule is C[C@@H]1CN(c2ncc(-c3ccc4c(c3)OCO4)c(-c3nccs3)n2)CC[C@H]1O. The van der Waals surface area contributed by atoms with Crippen LogP contribution in [0, 0.1) is 5.92 Å². The first-order valence-electron chi connectivity index (χ1n) is 9.29. The molecule has 0 amide bonds. The lowest BCUT2D eigenvalue weighted by molar-refractivity contribution is 0.0966. The van der Waals surface area contributed by atoms with E-state index in [0.717, 1.165) is 52.8 Å². The molecule has 0 saturated carbocycles. The number of thiazole rings is 1. The molecule has 2 aromatic heterocycles. The quantitative estimate of drug-likeness (QED) is 0.728. The number of aliphatic hydroxyl groups is 1. The van der Waals surface area contributed by atoms with Gasteiger partial charge in [0.05, 0.1) is 6.10 Å². The van der Waals surface area contributed by atoms with Crippen molar-refractivity contribution in [2.75, 3.05) is 24.8 Å². The highest BCUT2D eigenvalue weighted by Crippen LogP contribution is 2.39. The van der Waals surface area contributed by atoms with Gasteiger partial charge in [0.1, 0.15) is 10.7 Å². The van der Waals surface area contributed by atoms with Gasteiger partial charge in [-0.1, -0.05) is 13.0 Å². The summed E-state index contributed by atoms with van der Waals surface area (Å²) in [5, 5.41) is 12.8. The van der Waals surface area contributed by atoms with Crippen LogP contribution in [-0.2, 0) is 0 Å². The minimum atomic E-state index is -0.261. The molecule has 0 radical (unpaired) electrons. The monoisotopic (exact) mass is 396 g/mol. The van der Waals surface area contributed by atoms with E-state index in [1.54, 1.807) is 17.5 Å². The molecule has 1 aromatic carbocycles. The van der Waals surface area contributed by atoms with Crippen LogP contribution in [0.2, 0.25) is 0 Å². The Kier molecular flexibility index (Phi) is 4.37. The van der Waals surface area contributed by atoms with Gasteiger partial charge in [-0.3, -0.25) is 0 Å². The van der Waals surface area contributed by atoms with Crippen molar-refractivity contribution < 1.29 is 14.6 Å². The van der Waals surface area contributed by atoms with Gasteiger partial charge in [-0.05, 0) is 30.0 Å². The molecule has 2 atom stereocenters. The Morgan fingerprint density at radius 1 is 1.21 bits per heavy atom. The van der Waals surface area contributed by atoms with E-state index in [1.165, 1.54) is 0 Å². The summed E-state index contributed by atoms with van der Waals surface area (Å²) < 4.78 is 10.9. The lowest BCUT2D eigenvalue weighted by Gasteiger charge is -2.34. The van der Waals surface area contributed by atoms with Crippen LogP contribution in [-0.4, -0.2) is 46.0 Å². The molecule has 0 spiro atoms. The molecule has 0 bridgehead atoms. The molecule has 1 saturated heterocycles. The van der Waals surface area contributed by atoms with Crippen molar-refractivity contribution in [2.24, 2.45) is 5.92 Å². The smallest absolute Gasteiger partial charge is 0.231 e. The van der Waals surface area contributed by atoms with Crippen molar-refractivity contribution in [1.29, 1.82) is 0 Å². The van der Waals surface area contributed by atoms with Gasteiger partial charge >= 0.3 is 0 Å². The molecular formula is C20H20N4O3S. The van der Waals surface area contributed by atoms with E-state index in [4.69, 9.17) is 14.5 Å². The first-order chi connectivity index (χ1) is 13.7. The number of hydrogen-bond donors (Lipinski definition) is 1. The minimum Gasteiger partial charge on any atom is -0.454 e. The standard InChI is InChI=1S/C20H20N4O3S/c1-12-10-24(6-4-15(12)25)20-22-9-14(18(23-20)19-21-5-7-28-19)13-2-3-16-17(8-13)27-11-26-16/h2-3,5,7-9,12,15,25H,4,6,10-11H2,1H3/t12-,15-/m1/s1. The summed E-state index contributed by atoms with van der Waals surface area (Å²) in [5.74, 6) is 2.34. The normalized spacial score (nSPS) is 21.1. The number of aromatic nitrogens is 3. The molecular weight excluding hydrogens is 376 g/mol. The number of ether oxygens (including phenoxy) is 2. The highest BCUT2D eigenvalue weighted by Gasteiger charge is 2.27. The molecule has 144 valence electrons. The van der Waals surface area contributed by atoms with Crippen LogP contribution in [0.1, 0.15) is 13.3 Å². The van der Waals surface area contributed by atoms with Crippen molar-refractivity contribution >= 4 is 17.3 Å². The third kappa shape index (κ3) is 3.08. The highest BCUT2D eigenvalue weighted by molar-refractivity contribution is 7.13. The van der Waals surface area contributed by atoms with Crippen molar-refractivity contribution in [1.82, 2.24) is 15.0 Å². The number of anilines is 1. The number of benzene rings is 1. The second kappa shape index (κ2) is 7.03. The summed E-state index contributed by atoms with van der Waals surface area (Å²) in [6.45, 7) is 3.78. The predicted octanol–water partition coefficient (Wildman–Crippen LogP) is 3.20. The number of aliphatic hydroxyl groups excluding tert-OH is 1. The molecule has 1 N–H and O–H groups in total. The molecule has 0 aliphatic carbocycles. The topological polar surface area (TPSA) is 80.6 Å². The molecule has 8 heteroatoms. The fraction of sp³-hybridized carbons (Fsp3) is 0.350. The summed E-state index contributed by atoms with van der Waals surface area (Å²) in [7, 11) is 0. The average molecular weight is 396 g/mol. The van der Waals surface area contributed by atoms with E-state index >= 15 is 0 Å². The van der Waals surface area contributed by atoms with Crippen LogP contribution in [0.4, 0.5) is 5.95 Å². The molecule has 0 unspecified atom stereocenters. The first kappa shape index (κ1) is 17.4. The van der Waals surface area contributed by atoms with Gasteiger partial charge in [-0.2, -0.15) is 0 Å². The zero-order chi connectivity index (χ0) is 19.1. The predicted molar refractivity (Wildman–Crippen MR) is 107 cm³/mol. The third-order valence-corrected chi connectivity index (χ3v) is 6.02. The number of rotatable bonds is 3. The summed E-state index contributed by atoms with van der Waals surface area (Å²) in [6.07, 6.45) is 4.10. The number of nitrogens with zero attached hydrogens (tertiary/aromatic N) is 4. The summed E-state index contributed by atoms with van der Waals surface area (Å²) in [5.41, 5.74) is 2.67. The van der Waals surface area contributed by atoms with E-state index in [1.807, 2.05) is 29.8 Å². The summed E-state index contributed by atoms with van der Waals surface area (Å²) in [6, 6.07) is 5.85. The number of hydrogen-bond acceptors (Lipinski definition) is 8. The van der Waals surface area contributed by atoms with E-state index in [9.17, 15) is 5.11 Å². The van der Waals surface area contributed by atoms with Crippen molar-refractivity contribution in [2.45, 2.75) is 19.4 Å². The highest BCUT2D eigenvalue weighted by atomic mass is 32.1. The molecule has 3 aromatic rings. The second-order valence-electron chi connectivity index (χ2n) is 7.12. The average Bonchev–Trinajstić information content (AvgIpc) is 3.41. The molecule has 5 rings (SSSR count). The molecule has 4 heterocycles. The van der Waals surface area contributed by atoms with E-state index < -0.39 is 0 Å². The Morgan fingerprint density at radius 2 is 2.11 bits per heavy atom. The van der Waals surface area contributed by atoms with Crippen LogP contribution in [0.5, 0.6) is 11.5 Å². The molecule has 28 heavy (non-hydrogen) atoms. The lowest BCUT2D eigenvalue weighted by Crippen LogP contribution is -2.42. The molecule has 2 aliphatic heterocycles. The first-order valence-corrected chi connectivity index (χ1v) is 10.2. The molecule has 1 fully saturated rings. The maximum atomic E-state index is 10.0. The fourth-order valence-electron chi connectivity index (χ4n) is 3.62. The maximum absolute atomic E-state index is 10.0. The van der Waals surface area contributed by atoms with Crippen LogP contribution in [0.25, 0.3) is 21.8 Å². The summed E-state index contributed by atoms with van der Waals surface area (Å²) >= 11 is 1.55. The number of piperidine rings is 1. The van der Waals surface area contributed by atoms with E-state index in [-0.39, 0.29) is 18.8 Å². The number of fused-ring (bicyclic) bond motifs is 1. The minimum absolute atomic E-state index is 0.189. The van der Waals surface area contributed by atoms with E-state index in [2.05, 4.69) is 21.8 Å². The maximum Gasteiger partial charge on any atom is 0.231 e.